The molecule has 0 aliphatic carbocycles. The van der Waals surface area contributed by atoms with E-state index in [1.54, 1.807) is 7.05 Å². The van der Waals surface area contributed by atoms with Crippen LogP contribution in [0.3, 0.4) is 0 Å². The molecule has 0 aromatic carbocycles. The molecular weight excluding hydrogens is 236 g/mol. The Bertz CT molecular complexity index is 693. The largest absolute Gasteiger partial charge is 0.353 e. The molecule has 0 spiro atoms. The third-order valence-electron chi connectivity index (χ3n) is 2.76. The molecule has 2 rings (SSSR count). The minimum atomic E-state index is -0.420. The van der Waals surface area contributed by atoms with Gasteiger partial charge in [0.2, 0.25) is 5.88 Å². The summed E-state index contributed by atoms with van der Waals surface area (Å²) in [7, 11) is 2.99. The van der Waals surface area contributed by atoms with Gasteiger partial charge < -0.3 is 9.84 Å². The van der Waals surface area contributed by atoms with Crippen molar-refractivity contribution >= 4 is 16.9 Å². The van der Waals surface area contributed by atoms with Gasteiger partial charge in [0, 0.05) is 20.6 Å². The first kappa shape index (κ1) is 12.4. The van der Waals surface area contributed by atoms with Gasteiger partial charge in [-0.2, -0.15) is 0 Å². The minimum absolute atomic E-state index is 0.259. The van der Waals surface area contributed by atoms with Crippen LogP contribution in [0.5, 0.6) is 0 Å². The number of aryl methyl sites for hydroxylation is 1. The number of fused-ring (bicyclic) bond motifs is 1. The van der Waals surface area contributed by atoms with Crippen molar-refractivity contribution in [3.8, 4) is 0 Å². The number of nitrogens with zero attached hydrogens (tertiary/aromatic N) is 3. The minimum Gasteiger partial charge on any atom is -0.353 e. The Morgan fingerprint density at radius 3 is 2.56 bits per heavy atom. The van der Waals surface area contributed by atoms with Crippen LogP contribution in [-0.4, -0.2) is 20.8 Å². The van der Waals surface area contributed by atoms with E-state index in [9.17, 15) is 9.59 Å². The fourth-order valence-corrected chi connectivity index (χ4v) is 1.69. The summed E-state index contributed by atoms with van der Waals surface area (Å²) in [5.41, 5.74) is -0.564. The highest BCUT2D eigenvalue weighted by Crippen LogP contribution is 2.17. The van der Waals surface area contributed by atoms with E-state index in [0.717, 1.165) is 4.57 Å². The molecule has 0 saturated heterocycles. The van der Waals surface area contributed by atoms with Crippen molar-refractivity contribution in [1.82, 2.24) is 14.3 Å². The zero-order valence-corrected chi connectivity index (χ0v) is 10.9. The van der Waals surface area contributed by atoms with E-state index in [-0.39, 0.29) is 5.65 Å². The topological polar surface area (TPSA) is 82.1 Å². The normalized spacial score (nSPS) is 11.4. The van der Waals surface area contributed by atoms with Crippen LogP contribution in [0, 0.1) is 5.92 Å². The second-order valence-corrected chi connectivity index (χ2v) is 4.69. The van der Waals surface area contributed by atoms with E-state index >= 15 is 0 Å². The van der Waals surface area contributed by atoms with Gasteiger partial charge in [-0.1, -0.05) is 19.0 Å². The zero-order valence-electron chi connectivity index (χ0n) is 10.9. The predicted octanol–water partition coefficient (Wildman–Crippen LogP) is 0.293. The third-order valence-corrected chi connectivity index (χ3v) is 2.76. The second-order valence-electron chi connectivity index (χ2n) is 4.69. The maximum absolute atomic E-state index is 12.0. The monoisotopic (exact) mass is 252 g/mol. The highest BCUT2D eigenvalue weighted by atomic mass is 16.5. The van der Waals surface area contributed by atoms with Crippen molar-refractivity contribution in [1.29, 1.82) is 0 Å². The summed E-state index contributed by atoms with van der Waals surface area (Å²) in [5, 5.41) is 7.10. The average Bonchev–Trinajstić information content (AvgIpc) is 2.75. The predicted molar refractivity (Wildman–Crippen MR) is 67.8 cm³/mol. The Labute approximate surface area is 103 Å². The standard InChI is InChI=1S/C11H16N4O3/c1-6(2)5-12-9-7-8(13-18-9)14(3)11(17)15(4)10(7)16/h6,12H,5H2,1-4H3. The maximum Gasteiger partial charge on any atom is 0.332 e. The molecule has 7 heteroatoms. The van der Waals surface area contributed by atoms with Gasteiger partial charge in [0.25, 0.3) is 5.56 Å². The first-order chi connectivity index (χ1) is 8.43. The van der Waals surface area contributed by atoms with Gasteiger partial charge >= 0.3 is 5.69 Å². The number of hydrogen-bond donors (Lipinski definition) is 1. The van der Waals surface area contributed by atoms with Crippen molar-refractivity contribution in [2.45, 2.75) is 13.8 Å². The van der Waals surface area contributed by atoms with Gasteiger partial charge in [-0.3, -0.25) is 13.9 Å². The van der Waals surface area contributed by atoms with Crippen LogP contribution in [0.1, 0.15) is 13.8 Å². The number of aromatic nitrogens is 3. The molecule has 0 aliphatic rings. The van der Waals surface area contributed by atoms with Gasteiger partial charge in [-0.05, 0) is 5.92 Å². The van der Waals surface area contributed by atoms with Crippen LogP contribution in [0.25, 0.3) is 11.0 Å². The summed E-state index contributed by atoms with van der Waals surface area (Å²) in [4.78, 5) is 23.7. The Hall–Kier alpha value is -2.05. The summed E-state index contributed by atoms with van der Waals surface area (Å²) in [5.74, 6) is 0.719. The van der Waals surface area contributed by atoms with Crippen molar-refractivity contribution < 1.29 is 4.52 Å². The molecule has 2 heterocycles. The van der Waals surface area contributed by atoms with E-state index in [4.69, 9.17) is 4.52 Å². The lowest BCUT2D eigenvalue weighted by atomic mass is 10.2. The quantitative estimate of drug-likeness (QED) is 0.849. The van der Waals surface area contributed by atoms with E-state index in [1.807, 2.05) is 13.8 Å². The van der Waals surface area contributed by atoms with Gasteiger partial charge in [0.15, 0.2) is 5.65 Å². The summed E-state index contributed by atoms with van der Waals surface area (Å²) in [6.45, 7) is 4.75. The lowest BCUT2D eigenvalue weighted by Crippen LogP contribution is -2.37. The molecule has 7 nitrogen and oxygen atoms in total. The third kappa shape index (κ3) is 1.81. The molecule has 0 unspecified atom stereocenters. The average molecular weight is 252 g/mol. The lowest BCUT2D eigenvalue weighted by Gasteiger charge is -2.05. The van der Waals surface area contributed by atoms with Gasteiger partial charge in [0.1, 0.15) is 5.39 Å². The van der Waals surface area contributed by atoms with Crippen LogP contribution < -0.4 is 16.6 Å². The summed E-state index contributed by atoms with van der Waals surface area (Å²) in [6, 6.07) is 0. The maximum atomic E-state index is 12.0. The number of rotatable bonds is 3. The van der Waals surface area contributed by atoms with E-state index < -0.39 is 11.2 Å². The molecule has 18 heavy (non-hydrogen) atoms. The molecule has 0 saturated carbocycles. The number of hydrogen-bond acceptors (Lipinski definition) is 5. The zero-order chi connectivity index (χ0) is 13.4. The Kier molecular flexibility index (Phi) is 2.98. The smallest absolute Gasteiger partial charge is 0.332 e. The number of anilines is 1. The molecule has 0 amide bonds. The van der Waals surface area contributed by atoms with E-state index in [2.05, 4.69) is 10.5 Å². The fourth-order valence-electron chi connectivity index (χ4n) is 1.69. The Balaban J connectivity index is 2.66. The molecule has 0 radical (unpaired) electrons. The van der Waals surface area contributed by atoms with Crippen LogP contribution in [-0.2, 0) is 14.1 Å². The first-order valence-electron chi connectivity index (χ1n) is 5.72. The molecule has 0 atom stereocenters. The first-order valence-corrected chi connectivity index (χ1v) is 5.72. The van der Waals surface area contributed by atoms with Crippen molar-refractivity contribution in [3.63, 3.8) is 0 Å². The molecule has 0 aliphatic heterocycles. The Morgan fingerprint density at radius 1 is 1.28 bits per heavy atom. The van der Waals surface area contributed by atoms with E-state index in [0.29, 0.717) is 23.7 Å². The van der Waals surface area contributed by atoms with Crippen LogP contribution >= 0.6 is 0 Å². The fraction of sp³-hybridized carbons (Fsp3) is 0.545. The van der Waals surface area contributed by atoms with Crippen LogP contribution in [0.4, 0.5) is 5.88 Å². The van der Waals surface area contributed by atoms with Crippen molar-refractivity contribution in [2.24, 2.45) is 20.0 Å². The lowest BCUT2D eigenvalue weighted by molar-refractivity contribution is 0.434. The van der Waals surface area contributed by atoms with Gasteiger partial charge in [0.05, 0.1) is 0 Å². The van der Waals surface area contributed by atoms with Crippen LogP contribution in [0.15, 0.2) is 14.1 Å². The molecule has 98 valence electrons. The SMILES string of the molecule is CC(C)CNc1onc2c1c(=O)n(C)c(=O)n2C. The summed E-state index contributed by atoms with van der Waals surface area (Å²) < 4.78 is 7.44. The summed E-state index contributed by atoms with van der Waals surface area (Å²) in [6.07, 6.45) is 0. The number of nitrogens with one attached hydrogen (secondary N) is 1. The molecule has 0 bridgehead atoms. The van der Waals surface area contributed by atoms with Crippen LogP contribution in [0.2, 0.25) is 0 Å². The van der Waals surface area contributed by atoms with E-state index in [1.165, 1.54) is 11.6 Å². The molecule has 2 aromatic rings. The Morgan fingerprint density at radius 2 is 1.94 bits per heavy atom. The highest BCUT2D eigenvalue weighted by Gasteiger charge is 2.17. The van der Waals surface area contributed by atoms with Gasteiger partial charge in [-0.15, -0.1) is 0 Å². The van der Waals surface area contributed by atoms with Gasteiger partial charge in [-0.25, -0.2) is 4.79 Å². The molecule has 0 fully saturated rings. The van der Waals surface area contributed by atoms with Crippen molar-refractivity contribution in [3.05, 3.63) is 20.8 Å². The van der Waals surface area contributed by atoms with Crippen molar-refractivity contribution in [2.75, 3.05) is 11.9 Å². The highest BCUT2D eigenvalue weighted by molar-refractivity contribution is 5.84. The second kappa shape index (κ2) is 4.32. The summed E-state index contributed by atoms with van der Waals surface area (Å²) >= 11 is 0. The molecule has 2 aromatic heterocycles. The molecule has 1 N–H and O–H groups in total. The molecular formula is C11H16N4O3.